The summed E-state index contributed by atoms with van der Waals surface area (Å²) in [7, 11) is 3.11. The summed E-state index contributed by atoms with van der Waals surface area (Å²) in [6.07, 6.45) is 0. The monoisotopic (exact) mass is 353 g/mol. The van der Waals surface area contributed by atoms with E-state index >= 15 is 0 Å². The fraction of sp³-hybridized carbons (Fsp3) is 0.400. The second-order valence-corrected chi connectivity index (χ2v) is 7.16. The molecule has 0 amide bonds. The van der Waals surface area contributed by atoms with Crippen LogP contribution in [0.15, 0.2) is 22.5 Å². The molecule has 1 aromatic carbocycles. The molecular weight excluding hydrogens is 334 g/mol. The zero-order chi connectivity index (χ0) is 16.8. The summed E-state index contributed by atoms with van der Waals surface area (Å²) in [5.41, 5.74) is 0.582. The lowest BCUT2D eigenvalue weighted by Crippen LogP contribution is -2.13. The lowest BCUT2D eigenvalue weighted by Gasteiger charge is -2.11. The van der Waals surface area contributed by atoms with Gasteiger partial charge < -0.3 is 14.8 Å². The van der Waals surface area contributed by atoms with Gasteiger partial charge in [-0.2, -0.15) is 0 Å². The third-order valence-electron chi connectivity index (χ3n) is 3.05. The van der Waals surface area contributed by atoms with Gasteiger partial charge in [0.25, 0.3) is 0 Å². The topological polar surface area (TPSA) is 73.3 Å². The smallest absolute Gasteiger partial charge is 0.206 e. The Hall–Kier alpha value is -1.80. The highest BCUT2D eigenvalue weighted by atomic mass is 32.2. The van der Waals surface area contributed by atoms with Gasteiger partial charge in [0, 0.05) is 12.1 Å². The summed E-state index contributed by atoms with van der Waals surface area (Å²) >= 11 is 2.84. The molecule has 0 saturated heterocycles. The number of Topliss-reactive ketones (excluding diaryl/α,β-unsaturated/α-hetero) is 1. The van der Waals surface area contributed by atoms with Crippen molar-refractivity contribution in [3.05, 3.63) is 23.8 Å². The van der Waals surface area contributed by atoms with E-state index in [2.05, 4.69) is 15.5 Å². The van der Waals surface area contributed by atoms with E-state index < -0.39 is 0 Å². The third kappa shape index (κ3) is 4.35. The molecule has 8 heteroatoms. The highest BCUT2D eigenvalue weighted by Gasteiger charge is 2.20. The van der Waals surface area contributed by atoms with Gasteiger partial charge in [-0.3, -0.25) is 4.79 Å². The van der Waals surface area contributed by atoms with Crippen molar-refractivity contribution >= 4 is 34.0 Å². The fourth-order valence-corrected chi connectivity index (χ4v) is 3.95. The first-order chi connectivity index (χ1) is 11.1. The van der Waals surface area contributed by atoms with E-state index in [0.29, 0.717) is 17.1 Å². The van der Waals surface area contributed by atoms with Gasteiger partial charge in [-0.25, -0.2) is 0 Å². The molecule has 1 N–H and O–H groups in total. The van der Waals surface area contributed by atoms with Gasteiger partial charge in [-0.15, -0.1) is 10.2 Å². The van der Waals surface area contributed by atoms with Crippen LogP contribution in [0.1, 0.15) is 24.2 Å². The number of ether oxygens (including phenoxy) is 2. The highest BCUT2D eigenvalue weighted by Crippen LogP contribution is 2.32. The molecule has 2 aromatic rings. The first kappa shape index (κ1) is 17.6. The molecule has 1 unspecified atom stereocenters. The van der Waals surface area contributed by atoms with Crippen LogP contribution in [0.5, 0.6) is 11.5 Å². The molecule has 1 aromatic heterocycles. The number of carbonyl (C=O) groups is 1. The Bertz CT molecular complexity index is 676. The van der Waals surface area contributed by atoms with Crippen molar-refractivity contribution in [1.29, 1.82) is 0 Å². The molecule has 124 valence electrons. The number of aromatic nitrogens is 2. The number of rotatable bonds is 8. The van der Waals surface area contributed by atoms with Gasteiger partial charge in [-0.1, -0.05) is 23.1 Å². The number of nitrogens with zero attached hydrogens (tertiary/aromatic N) is 2. The number of ketones is 1. The normalized spacial score (nSPS) is 11.8. The summed E-state index contributed by atoms with van der Waals surface area (Å²) in [5, 5.41) is 11.7. The van der Waals surface area contributed by atoms with E-state index in [0.717, 1.165) is 16.0 Å². The SMILES string of the molecule is CCNc1nnc(SC(C)C(=O)c2ccc(OC)c(OC)c2)s1. The maximum absolute atomic E-state index is 12.6. The van der Waals surface area contributed by atoms with E-state index in [1.165, 1.54) is 23.1 Å². The number of thioether (sulfide) groups is 1. The van der Waals surface area contributed by atoms with Crippen LogP contribution in [-0.4, -0.2) is 42.0 Å². The number of hydrogen-bond acceptors (Lipinski definition) is 8. The minimum absolute atomic E-state index is 0.0103. The number of carbonyl (C=O) groups excluding carboxylic acids is 1. The molecule has 6 nitrogen and oxygen atoms in total. The third-order valence-corrected chi connectivity index (χ3v) is 5.11. The molecule has 0 aliphatic rings. The molecule has 2 rings (SSSR count). The predicted molar refractivity (Wildman–Crippen MR) is 93.3 cm³/mol. The van der Waals surface area contributed by atoms with Crippen LogP contribution in [0, 0.1) is 0 Å². The minimum Gasteiger partial charge on any atom is -0.493 e. The van der Waals surface area contributed by atoms with Crippen molar-refractivity contribution in [2.75, 3.05) is 26.1 Å². The Morgan fingerprint density at radius 1 is 1.30 bits per heavy atom. The van der Waals surface area contributed by atoms with E-state index in [1.807, 2.05) is 13.8 Å². The minimum atomic E-state index is -0.268. The number of hydrogen-bond donors (Lipinski definition) is 1. The molecular formula is C15H19N3O3S2. The van der Waals surface area contributed by atoms with Gasteiger partial charge in [0.15, 0.2) is 21.6 Å². The summed E-state index contributed by atoms with van der Waals surface area (Å²) < 4.78 is 11.2. The molecule has 0 spiro atoms. The van der Waals surface area contributed by atoms with Crippen LogP contribution >= 0.6 is 23.1 Å². The Morgan fingerprint density at radius 2 is 2.04 bits per heavy atom. The van der Waals surface area contributed by atoms with Gasteiger partial charge in [0.1, 0.15) is 0 Å². The van der Waals surface area contributed by atoms with Crippen LogP contribution in [0.4, 0.5) is 5.13 Å². The molecule has 1 atom stereocenters. The molecule has 23 heavy (non-hydrogen) atoms. The maximum Gasteiger partial charge on any atom is 0.206 e. The molecule has 0 saturated carbocycles. The Kier molecular flexibility index (Phi) is 6.23. The predicted octanol–water partition coefficient (Wildman–Crippen LogP) is 3.35. The van der Waals surface area contributed by atoms with Crippen molar-refractivity contribution in [3.8, 4) is 11.5 Å². The van der Waals surface area contributed by atoms with Gasteiger partial charge in [0.05, 0.1) is 19.5 Å². The van der Waals surface area contributed by atoms with Crippen LogP contribution in [0.3, 0.4) is 0 Å². The van der Waals surface area contributed by atoms with Crippen molar-refractivity contribution in [1.82, 2.24) is 10.2 Å². The van der Waals surface area contributed by atoms with E-state index in [9.17, 15) is 4.79 Å². The van der Waals surface area contributed by atoms with E-state index in [-0.39, 0.29) is 11.0 Å². The van der Waals surface area contributed by atoms with Gasteiger partial charge in [-0.05, 0) is 32.0 Å². The Morgan fingerprint density at radius 3 is 2.70 bits per heavy atom. The summed E-state index contributed by atoms with van der Waals surface area (Å²) in [4.78, 5) is 12.6. The quantitative estimate of drug-likeness (QED) is 0.576. The molecule has 1 heterocycles. The average molecular weight is 353 g/mol. The van der Waals surface area contributed by atoms with E-state index in [1.54, 1.807) is 32.4 Å². The first-order valence-electron chi connectivity index (χ1n) is 7.09. The lowest BCUT2D eigenvalue weighted by molar-refractivity contribution is 0.0993. The Balaban J connectivity index is 2.09. The maximum atomic E-state index is 12.6. The average Bonchev–Trinajstić information content (AvgIpc) is 3.00. The first-order valence-corrected chi connectivity index (χ1v) is 8.79. The largest absolute Gasteiger partial charge is 0.493 e. The zero-order valence-electron chi connectivity index (χ0n) is 13.5. The van der Waals surface area contributed by atoms with Crippen LogP contribution in [0.2, 0.25) is 0 Å². The molecule has 0 radical (unpaired) electrons. The summed E-state index contributed by atoms with van der Waals surface area (Å²) in [5.74, 6) is 1.15. The second-order valence-electron chi connectivity index (χ2n) is 4.60. The second kappa shape index (κ2) is 8.16. The zero-order valence-corrected chi connectivity index (χ0v) is 15.1. The molecule has 0 bridgehead atoms. The molecule has 0 aliphatic heterocycles. The number of nitrogens with one attached hydrogen (secondary N) is 1. The van der Waals surface area contributed by atoms with Crippen molar-refractivity contribution in [3.63, 3.8) is 0 Å². The molecule has 0 aliphatic carbocycles. The lowest BCUT2D eigenvalue weighted by atomic mass is 10.1. The van der Waals surface area contributed by atoms with Crippen molar-refractivity contribution < 1.29 is 14.3 Å². The summed E-state index contributed by atoms with van der Waals surface area (Å²) in [6.45, 7) is 4.65. The highest BCUT2D eigenvalue weighted by molar-refractivity contribution is 8.02. The van der Waals surface area contributed by atoms with Crippen LogP contribution < -0.4 is 14.8 Å². The van der Waals surface area contributed by atoms with E-state index in [4.69, 9.17) is 9.47 Å². The summed E-state index contributed by atoms with van der Waals surface area (Å²) in [6, 6.07) is 5.17. The number of benzene rings is 1. The van der Waals surface area contributed by atoms with Gasteiger partial charge >= 0.3 is 0 Å². The Labute approximate surface area is 143 Å². The van der Waals surface area contributed by atoms with Crippen molar-refractivity contribution in [2.24, 2.45) is 0 Å². The number of anilines is 1. The number of methoxy groups -OCH3 is 2. The molecule has 0 fully saturated rings. The van der Waals surface area contributed by atoms with Gasteiger partial charge in [0.2, 0.25) is 5.13 Å². The van der Waals surface area contributed by atoms with Crippen LogP contribution in [-0.2, 0) is 0 Å². The van der Waals surface area contributed by atoms with Crippen molar-refractivity contribution in [2.45, 2.75) is 23.4 Å². The van der Waals surface area contributed by atoms with Crippen LogP contribution in [0.25, 0.3) is 0 Å². The fourth-order valence-electron chi connectivity index (χ4n) is 1.91. The standard InChI is InChI=1S/C15H19N3O3S2/c1-5-16-14-17-18-15(23-14)22-9(2)13(19)10-6-7-11(20-3)12(8-10)21-4/h6-9H,5H2,1-4H3,(H,16,17).